The normalized spacial score (nSPS) is 12.7. The Morgan fingerprint density at radius 3 is 2.38 bits per heavy atom. The Hall–Kier alpha value is -0.960. The minimum absolute atomic E-state index is 0.229. The van der Waals surface area contributed by atoms with Gasteiger partial charge in [0, 0.05) is 10.0 Å². The van der Waals surface area contributed by atoms with Crippen LogP contribution in [0.1, 0.15) is 17.4 Å². The van der Waals surface area contributed by atoms with Crippen LogP contribution in [0.15, 0.2) is 41.0 Å². The van der Waals surface area contributed by atoms with Gasteiger partial charge in [-0.25, -0.2) is 0 Å². The lowest BCUT2D eigenvalue weighted by Gasteiger charge is -2.11. The van der Waals surface area contributed by atoms with Gasteiger partial charge in [-0.2, -0.15) is 0 Å². The van der Waals surface area contributed by atoms with Crippen molar-refractivity contribution in [1.29, 1.82) is 0 Å². The van der Waals surface area contributed by atoms with Crippen molar-refractivity contribution in [3.63, 3.8) is 0 Å². The molecule has 2 rings (SSSR count). The van der Waals surface area contributed by atoms with E-state index in [1.165, 1.54) is 0 Å². The van der Waals surface area contributed by atoms with E-state index in [1.807, 2.05) is 18.2 Å². The molecule has 0 amide bonds. The van der Waals surface area contributed by atoms with Crippen molar-refractivity contribution >= 4 is 23.2 Å². The van der Waals surface area contributed by atoms with Crippen LogP contribution in [0.25, 0.3) is 0 Å². The molecular formula is C12H11Cl2NO. The highest BCUT2D eigenvalue weighted by molar-refractivity contribution is 6.35. The van der Waals surface area contributed by atoms with Gasteiger partial charge in [-0.05, 0) is 36.2 Å². The lowest BCUT2D eigenvalue weighted by Crippen LogP contribution is -2.13. The van der Waals surface area contributed by atoms with E-state index in [-0.39, 0.29) is 6.04 Å². The second kappa shape index (κ2) is 4.91. The van der Waals surface area contributed by atoms with Gasteiger partial charge in [-0.1, -0.05) is 29.3 Å². The lowest BCUT2D eigenvalue weighted by molar-refractivity contribution is 0.465. The van der Waals surface area contributed by atoms with Crippen molar-refractivity contribution in [2.24, 2.45) is 5.73 Å². The molecule has 0 saturated carbocycles. The van der Waals surface area contributed by atoms with Crippen LogP contribution in [0.4, 0.5) is 0 Å². The zero-order valence-electron chi connectivity index (χ0n) is 8.49. The maximum Gasteiger partial charge on any atom is 0.120 e. The van der Waals surface area contributed by atoms with Crippen molar-refractivity contribution in [1.82, 2.24) is 0 Å². The third-order valence-corrected chi connectivity index (χ3v) is 3.10. The van der Waals surface area contributed by atoms with Gasteiger partial charge in [-0.15, -0.1) is 0 Å². The predicted molar refractivity (Wildman–Crippen MR) is 65.8 cm³/mol. The van der Waals surface area contributed by atoms with Gasteiger partial charge in [0.05, 0.1) is 12.3 Å². The van der Waals surface area contributed by atoms with E-state index in [0.717, 1.165) is 11.3 Å². The third kappa shape index (κ3) is 2.40. The fraction of sp³-hybridized carbons (Fsp3) is 0.167. The maximum absolute atomic E-state index is 6.06. The quantitative estimate of drug-likeness (QED) is 0.906. The summed E-state index contributed by atoms with van der Waals surface area (Å²) in [7, 11) is 0. The van der Waals surface area contributed by atoms with Crippen LogP contribution < -0.4 is 5.73 Å². The molecule has 0 bridgehead atoms. The van der Waals surface area contributed by atoms with Gasteiger partial charge < -0.3 is 10.2 Å². The molecule has 1 unspecified atom stereocenters. The van der Waals surface area contributed by atoms with E-state index in [2.05, 4.69) is 0 Å². The summed E-state index contributed by atoms with van der Waals surface area (Å²) in [6, 6.07) is 8.84. The summed E-state index contributed by atoms with van der Waals surface area (Å²) >= 11 is 12.1. The summed E-state index contributed by atoms with van der Waals surface area (Å²) in [5.41, 5.74) is 6.85. The van der Waals surface area contributed by atoms with Crippen LogP contribution in [-0.2, 0) is 6.42 Å². The average molecular weight is 256 g/mol. The topological polar surface area (TPSA) is 39.2 Å². The van der Waals surface area contributed by atoms with E-state index in [0.29, 0.717) is 16.5 Å². The zero-order chi connectivity index (χ0) is 11.5. The average Bonchev–Trinajstić information content (AvgIpc) is 2.76. The highest BCUT2D eigenvalue weighted by Gasteiger charge is 2.14. The molecule has 2 N–H and O–H groups in total. The van der Waals surface area contributed by atoms with Gasteiger partial charge in [0.25, 0.3) is 0 Å². The second-order valence-corrected chi connectivity index (χ2v) is 4.34. The predicted octanol–water partition coefficient (Wildman–Crippen LogP) is 3.83. The first-order valence-corrected chi connectivity index (χ1v) is 5.66. The number of furan rings is 1. The number of hydrogen-bond acceptors (Lipinski definition) is 2. The van der Waals surface area contributed by atoms with Crippen molar-refractivity contribution in [2.45, 2.75) is 12.5 Å². The second-order valence-electron chi connectivity index (χ2n) is 3.53. The Labute approximate surface area is 104 Å². The zero-order valence-corrected chi connectivity index (χ0v) is 10.0. The highest BCUT2D eigenvalue weighted by atomic mass is 35.5. The molecule has 2 aromatic rings. The van der Waals surface area contributed by atoms with Gasteiger partial charge in [0.1, 0.15) is 5.76 Å². The minimum Gasteiger partial charge on any atom is -0.468 e. The summed E-state index contributed by atoms with van der Waals surface area (Å²) < 4.78 is 5.24. The summed E-state index contributed by atoms with van der Waals surface area (Å²) in [6.07, 6.45) is 2.16. The molecule has 0 radical (unpaired) electrons. The number of halogens is 2. The number of nitrogens with two attached hydrogens (primary N) is 1. The molecule has 2 nitrogen and oxygen atoms in total. The summed E-state index contributed by atoms with van der Waals surface area (Å²) in [5, 5.41) is 1.27. The van der Waals surface area contributed by atoms with Gasteiger partial charge in [0.2, 0.25) is 0 Å². The number of rotatable bonds is 3. The molecule has 0 aliphatic rings. The van der Waals surface area contributed by atoms with E-state index in [9.17, 15) is 0 Å². The summed E-state index contributed by atoms with van der Waals surface area (Å²) in [4.78, 5) is 0. The van der Waals surface area contributed by atoms with Crippen molar-refractivity contribution < 1.29 is 4.42 Å². The fourth-order valence-electron chi connectivity index (χ4n) is 1.55. The lowest BCUT2D eigenvalue weighted by atomic mass is 10.0. The minimum atomic E-state index is -0.229. The molecule has 1 atom stereocenters. The van der Waals surface area contributed by atoms with Crippen molar-refractivity contribution in [3.8, 4) is 0 Å². The molecule has 0 aliphatic carbocycles. The number of benzene rings is 1. The van der Waals surface area contributed by atoms with Gasteiger partial charge in [-0.3, -0.25) is 0 Å². The molecule has 4 heteroatoms. The SMILES string of the molecule is NC(Cc1c(Cl)cccc1Cl)c1ccco1. The Kier molecular flexibility index (Phi) is 3.54. The van der Waals surface area contributed by atoms with Crippen LogP contribution in [0.2, 0.25) is 10.0 Å². The molecule has 0 aliphatic heterocycles. The van der Waals surface area contributed by atoms with E-state index in [1.54, 1.807) is 18.4 Å². The van der Waals surface area contributed by atoms with E-state index in [4.69, 9.17) is 33.4 Å². The molecule has 1 aromatic carbocycles. The standard InChI is InChI=1S/C12H11Cl2NO/c13-9-3-1-4-10(14)8(9)7-11(15)12-5-2-6-16-12/h1-6,11H,7,15H2. The molecule has 84 valence electrons. The largest absolute Gasteiger partial charge is 0.468 e. The molecular weight excluding hydrogens is 245 g/mol. The Bertz CT molecular complexity index is 448. The van der Waals surface area contributed by atoms with Crippen LogP contribution in [0.5, 0.6) is 0 Å². The van der Waals surface area contributed by atoms with Gasteiger partial charge in [0.15, 0.2) is 0 Å². The van der Waals surface area contributed by atoms with E-state index >= 15 is 0 Å². The monoisotopic (exact) mass is 255 g/mol. The third-order valence-electron chi connectivity index (χ3n) is 2.39. The Morgan fingerprint density at radius 1 is 1.12 bits per heavy atom. The Balaban J connectivity index is 2.21. The van der Waals surface area contributed by atoms with Crippen LogP contribution in [0, 0.1) is 0 Å². The first-order valence-electron chi connectivity index (χ1n) is 4.90. The van der Waals surface area contributed by atoms with Crippen molar-refractivity contribution in [3.05, 3.63) is 58.0 Å². The number of hydrogen-bond donors (Lipinski definition) is 1. The highest BCUT2D eigenvalue weighted by Crippen LogP contribution is 2.28. The van der Waals surface area contributed by atoms with Gasteiger partial charge >= 0.3 is 0 Å². The fourth-order valence-corrected chi connectivity index (χ4v) is 2.10. The summed E-state index contributed by atoms with van der Waals surface area (Å²) in [6.45, 7) is 0. The Morgan fingerprint density at radius 2 is 1.81 bits per heavy atom. The first-order chi connectivity index (χ1) is 7.68. The van der Waals surface area contributed by atoms with Crippen LogP contribution in [0.3, 0.4) is 0 Å². The molecule has 1 aromatic heterocycles. The summed E-state index contributed by atoms with van der Waals surface area (Å²) in [5.74, 6) is 0.732. The van der Waals surface area contributed by atoms with Crippen molar-refractivity contribution in [2.75, 3.05) is 0 Å². The molecule has 16 heavy (non-hydrogen) atoms. The molecule has 0 fully saturated rings. The smallest absolute Gasteiger partial charge is 0.120 e. The molecule has 0 spiro atoms. The maximum atomic E-state index is 6.06. The van der Waals surface area contributed by atoms with E-state index < -0.39 is 0 Å². The first kappa shape index (κ1) is 11.5. The molecule has 0 saturated heterocycles. The van der Waals surface area contributed by atoms with Crippen LogP contribution in [-0.4, -0.2) is 0 Å². The molecule has 1 heterocycles. The van der Waals surface area contributed by atoms with Crippen LogP contribution >= 0.6 is 23.2 Å².